The van der Waals surface area contributed by atoms with E-state index >= 15 is 0 Å². The Morgan fingerprint density at radius 3 is 2.30 bits per heavy atom. The van der Waals surface area contributed by atoms with E-state index < -0.39 is 5.91 Å². The molecule has 6 nitrogen and oxygen atoms in total. The van der Waals surface area contributed by atoms with Crippen LogP contribution in [0.3, 0.4) is 0 Å². The minimum atomic E-state index is -0.434. The summed E-state index contributed by atoms with van der Waals surface area (Å²) in [6.45, 7) is 4.16. The van der Waals surface area contributed by atoms with Crippen LogP contribution in [-0.4, -0.2) is 28.7 Å². The zero-order valence-electron chi connectivity index (χ0n) is 18.9. The maximum absolute atomic E-state index is 12.9. The molecule has 2 aromatic carbocycles. The van der Waals surface area contributed by atoms with E-state index in [0.29, 0.717) is 11.3 Å². The van der Waals surface area contributed by atoms with Gasteiger partial charge in [-0.05, 0) is 54.7 Å². The molecule has 2 aliphatic rings. The maximum atomic E-state index is 12.9. The highest BCUT2D eigenvalue weighted by atomic mass is 35.5. The van der Waals surface area contributed by atoms with Crippen molar-refractivity contribution in [2.45, 2.75) is 57.9 Å². The van der Waals surface area contributed by atoms with Crippen molar-refractivity contribution in [2.75, 3.05) is 10.6 Å². The summed E-state index contributed by atoms with van der Waals surface area (Å²) in [4.78, 5) is 39.6. The number of hydrogen-bond donors (Lipinski definition) is 2. The van der Waals surface area contributed by atoms with Crippen molar-refractivity contribution in [1.29, 1.82) is 0 Å². The third kappa shape index (κ3) is 4.81. The molecule has 0 radical (unpaired) electrons. The fraction of sp³-hybridized carbons (Fsp3) is 0.346. The maximum Gasteiger partial charge on any atom is 0.279 e. The molecular formula is C26H28ClN3O3. The molecule has 3 amide bonds. The zero-order chi connectivity index (χ0) is 23.5. The largest absolute Gasteiger partial charge is 0.350 e. The number of amides is 3. The third-order valence-electron chi connectivity index (χ3n) is 6.25. The van der Waals surface area contributed by atoms with Gasteiger partial charge in [0.15, 0.2) is 0 Å². The fourth-order valence-electron chi connectivity index (χ4n) is 4.46. The van der Waals surface area contributed by atoms with Gasteiger partial charge in [0.2, 0.25) is 0 Å². The molecule has 1 aliphatic heterocycles. The Balaban J connectivity index is 1.45. The standard InChI is InChI=1S/C26H28ClN3O3/c1-16(2)20-10-6-7-11-21(20)29-24(31)17-12-14-18(15-13-17)28-23-22(27)25(32)30(26(23)33)19-8-4-3-5-9-19/h6-7,10-16,19,28H,3-5,8-9H2,1-2H3,(H,29,31). The SMILES string of the molecule is CC(C)c1ccccc1NC(=O)c1ccc(NC2=C(Cl)C(=O)N(C3CCCCC3)C2=O)cc1. The van der Waals surface area contributed by atoms with Gasteiger partial charge >= 0.3 is 0 Å². The summed E-state index contributed by atoms with van der Waals surface area (Å²) in [7, 11) is 0. The smallest absolute Gasteiger partial charge is 0.279 e. The van der Waals surface area contributed by atoms with E-state index in [1.807, 2.05) is 24.3 Å². The molecule has 0 unspecified atom stereocenters. The van der Waals surface area contributed by atoms with Crippen LogP contribution in [0.15, 0.2) is 59.3 Å². The first kappa shape index (κ1) is 23.1. The van der Waals surface area contributed by atoms with E-state index in [2.05, 4.69) is 24.5 Å². The molecule has 0 atom stereocenters. The molecule has 0 bridgehead atoms. The monoisotopic (exact) mass is 465 g/mol. The van der Waals surface area contributed by atoms with Crippen molar-refractivity contribution >= 4 is 40.7 Å². The van der Waals surface area contributed by atoms with Gasteiger partial charge < -0.3 is 10.6 Å². The Hall–Kier alpha value is -3.12. The van der Waals surface area contributed by atoms with Crippen LogP contribution in [0.1, 0.15) is 67.8 Å². The lowest BCUT2D eigenvalue weighted by Gasteiger charge is -2.29. The van der Waals surface area contributed by atoms with Gasteiger partial charge in [0.05, 0.1) is 0 Å². The Bertz CT molecular complexity index is 1100. The van der Waals surface area contributed by atoms with Crippen LogP contribution in [0, 0.1) is 0 Å². The van der Waals surface area contributed by atoms with Crippen LogP contribution in [0.2, 0.25) is 0 Å². The van der Waals surface area contributed by atoms with Gasteiger partial charge in [-0.1, -0.05) is 62.9 Å². The summed E-state index contributed by atoms with van der Waals surface area (Å²) >= 11 is 6.24. The lowest BCUT2D eigenvalue weighted by atomic mass is 9.94. The van der Waals surface area contributed by atoms with Crippen LogP contribution in [-0.2, 0) is 9.59 Å². The number of halogens is 1. The molecule has 1 heterocycles. The molecule has 7 heteroatoms. The summed E-state index contributed by atoms with van der Waals surface area (Å²) in [6, 6.07) is 14.4. The number of benzene rings is 2. The normalized spacial score (nSPS) is 17.2. The van der Waals surface area contributed by atoms with Crippen molar-refractivity contribution in [1.82, 2.24) is 4.90 Å². The molecule has 1 saturated carbocycles. The molecule has 2 aromatic rings. The summed E-state index contributed by atoms with van der Waals surface area (Å²) in [6.07, 6.45) is 4.78. The lowest BCUT2D eigenvalue weighted by molar-refractivity contribution is -0.140. The molecule has 1 aliphatic carbocycles. The highest BCUT2D eigenvalue weighted by Gasteiger charge is 2.42. The zero-order valence-corrected chi connectivity index (χ0v) is 19.6. The molecule has 0 aromatic heterocycles. The topological polar surface area (TPSA) is 78.5 Å². The second kappa shape index (κ2) is 9.79. The average Bonchev–Trinajstić information content (AvgIpc) is 3.03. The van der Waals surface area contributed by atoms with Gasteiger partial charge in [-0.2, -0.15) is 0 Å². The molecule has 33 heavy (non-hydrogen) atoms. The lowest BCUT2D eigenvalue weighted by Crippen LogP contribution is -2.42. The third-order valence-corrected chi connectivity index (χ3v) is 6.60. The van der Waals surface area contributed by atoms with Gasteiger partial charge in [-0.25, -0.2) is 0 Å². The van der Waals surface area contributed by atoms with Crippen molar-refractivity contribution in [3.05, 3.63) is 70.4 Å². The van der Waals surface area contributed by atoms with Crippen LogP contribution < -0.4 is 10.6 Å². The second-order valence-corrected chi connectivity index (χ2v) is 9.24. The number of nitrogens with one attached hydrogen (secondary N) is 2. The first-order valence-corrected chi connectivity index (χ1v) is 11.8. The first-order chi connectivity index (χ1) is 15.9. The summed E-state index contributed by atoms with van der Waals surface area (Å²) in [5, 5.41) is 5.87. The number of hydrogen-bond acceptors (Lipinski definition) is 4. The molecule has 0 spiro atoms. The van der Waals surface area contributed by atoms with Gasteiger partial charge in [-0.15, -0.1) is 0 Å². The van der Waals surface area contributed by atoms with E-state index in [0.717, 1.165) is 43.4 Å². The Kier molecular flexibility index (Phi) is 6.84. The number of nitrogens with zero attached hydrogens (tertiary/aromatic N) is 1. The van der Waals surface area contributed by atoms with E-state index in [1.54, 1.807) is 24.3 Å². The molecule has 172 valence electrons. The van der Waals surface area contributed by atoms with E-state index in [-0.39, 0.29) is 34.5 Å². The first-order valence-electron chi connectivity index (χ1n) is 11.4. The predicted octanol–water partition coefficient (Wildman–Crippen LogP) is 5.63. The minimum absolute atomic E-state index is 0.0855. The van der Waals surface area contributed by atoms with Crippen molar-refractivity contribution in [3.63, 3.8) is 0 Å². The van der Waals surface area contributed by atoms with E-state index in [9.17, 15) is 14.4 Å². The minimum Gasteiger partial charge on any atom is -0.350 e. The van der Waals surface area contributed by atoms with Gasteiger partial charge in [0.1, 0.15) is 10.7 Å². The second-order valence-electron chi connectivity index (χ2n) is 8.86. The van der Waals surface area contributed by atoms with Crippen LogP contribution in [0.4, 0.5) is 11.4 Å². The van der Waals surface area contributed by atoms with Gasteiger partial charge in [-0.3, -0.25) is 19.3 Å². The Morgan fingerprint density at radius 2 is 1.64 bits per heavy atom. The molecule has 2 N–H and O–H groups in total. The van der Waals surface area contributed by atoms with Crippen LogP contribution >= 0.6 is 11.6 Å². The number of carbonyl (C=O) groups is 3. The summed E-state index contributed by atoms with van der Waals surface area (Å²) in [5.41, 5.74) is 3.01. The van der Waals surface area contributed by atoms with Crippen molar-refractivity contribution < 1.29 is 14.4 Å². The summed E-state index contributed by atoms with van der Waals surface area (Å²) in [5.74, 6) is -0.756. The molecule has 0 saturated heterocycles. The molecule has 4 rings (SSSR count). The Morgan fingerprint density at radius 1 is 0.970 bits per heavy atom. The number of para-hydroxylation sites is 1. The quantitative estimate of drug-likeness (QED) is 0.542. The van der Waals surface area contributed by atoms with Crippen LogP contribution in [0.5, 0.6) is 0 Å². The van der Waals surface area contributed by atoms with Gasteiger partial charge in [0.25, 0.3) is 17.7 Å². The van der Waals surface area contributed by atoms with Crippen molar-refractivity contribution in [2.24, 2.45) is 0 Å². The highest BCUT2D eigenvalue weighted by Crippen LogP contribution is 2.32. The molecular weight excluding hydrogens is 438 g/mol. The van der Waals surface area contributed by atoms with E-state index in [1.165, 1.54) is 4.90 Å². The Labute approximate surface area is 199 Å². The fourth-order valence-corrected chi connectivity index (χ4v) is 4.68. The van der Waals surface area contributed by atoms with Gasteiger partial charge in [0, 0.05) is 23.0 Å². The average molecular weight is 466 g/mol. The number of anilines is 2. The number of carbonyl (C=O) groups excluding carboxylic acids is 3. The van der Waals surface area contributed by atoms with E-state index in [4.69, 9.17) is 11.6 Å². The number of rotatable bonds is 6. The summed E-state index contributed by atoms with van der Waals surface area (Å²) < 4.78 is 0. The predicted molar refractivity (Wildman–Crippen MR) is 130 cm³/mol. The highest BCUT2D eigenvalue weighted by molar-refractivity contribution is 6.48. The van der Waals surface area contributed by atoms with Crippen molar-refractivity contribution in [3.8, 4) is 0 Å². The van der Waals surface area contributed by atoms with Crippen LogP contribution in [0.25, 0.3) is 0 Å². The number of imide groups is 1. The molecule has 1 fully saturated rings.